The van der Waals surface area contributed by atoms with E-state index < -0.39 is 28.0 Å². The van der Waals surface area contributed by atoms with Crippen molar-refractivity contribution in [3.8, 4) is 5.75 Å². The Balaban J connectivity index is 1.20. The second-order valence-electron chi connectivity index (χ2n) is 8.47. The predicted octanol–water partition coefficient (Wildman–Crippen LogP) is 3.29. The van der Waals surface area contributed by atoms with Gasteiger partial charge in [0.05, 0.1) is 30.0 Å². The zero-order chi connectivity index (χ0) is 26.2. The number of carbonyl (C=O) groups excluding carboxylic acids is 2. The molecule has 0 unspecified atom stereocenters. The summed E-state index contributed by atoms with van der Waals surface area (Å²) in [6.07, 6.45) is 0.635. The molecule has 0 aliphatic carbocycles. The van der Waals surface area contributed by atoms with E-state index >= 15 is 0 Å². The van der Waals surface area contributed by atoms with Crippen LogP contribution in [-0.4, -0.2) is 62.8 Å². The molecule has 3 heterocycles. The number of ether oxygens (including phenoxy) is 2. The Labute approximate surface area is 216 Å². The molecule has 0 radical (unpaired) electrons. The van der Waals surface area contributed by atoms with Gasteiger partial charge in [0, 0.05) is 41.2 Å². The number of nitrogens with one attached hydrogen (secondary N) is 2. The number of anilines is 1. The summed E-state index contributed by atoms with van der Waals surface area (Å²) in [5.74, 6) is -0.100. The minimum absolute atomic E-state index is 0.0434. The van der Waals surface area contributed by atoms with Crippen LogP contribution in [0.5, 0.6) is 5.75 Å². The molecule has 3 aromatic rings. The molecule has 2 amide bonds. The van der Waals surface area contributed by atoms with E-state index in [1.807, 2.05) is 0 Å². The molecule has 2 N–H and O–H groups in total. The zero-order valence-electron chi connectivity index (χ0n) is 19.7. The van der Waals surface area contributed by atoms with Crippen molar-refractivity contribution in [2.45, 2.75) is 22.3 Å². The summed E-state index contributed by atoms with van der Waals surface area (Å²) in [6, 6.07) is 9.16. The number of pyridine rings is 1. The number of aromatic nitrogens is 1. The van der Waals surface area contributed by atoms with Crippen LogP contribution in [0.15, 0.2) is 52.4 Å². The first-order chi connectivity index (χ1) is 17.7. The molecule has 194 valence electrons. The topological polar surface area (TPSA) is 127 Å². The molecule has 2 aliphatic rings. The molecular formula is C24H23FN4O6S2. The highest BCUT2D eigenvalue weighted by molar-refractivity contribution is 8.00. The SMILES string of the molecule is COc1cc(F)c2nccc([C@@H]3CN(CCCNS(=O)(=O)c4ccc5c(c4)NC(=O)CS5)C(=O)O3)c2c1. The zero-order valence-corrected chi connectivity index (χ0v) is 21.3. The van der Waals surface area contributed by atoms with Crippen LogP contribution in [0.25, 0.3) is 10.9 Å². The second-order valence-corrected chi connectivity index (χ2v) is 11.3. The van der Waals surface area contributed by atoms with Crippen molar-refractivity contribution in [1.82, 2.24) is 14.6 Å². The first-order valence-electron chi connectivity index (χ1n) is 11.4. The summed E-state index contributed by atoms with van der Waals surface area (Å²) in [6.45, 7) is 0.580. The summed E-state index contributed by atoms with van der Waals surface area (Å²) < 4.78 is 53.1. The lowest BCUT2D eigenvalue weighted by molar-refractivity contribution is -0.113. The average molecular weight is 547 g/mol. The Bertz CT molecular complexity index is 1500. The number of halogens is 1. The highest BCUT2D eigenvalue weighted by atomic mass is 32.2. The fraction of sp³-hybridized carbons (Fsp3) is 0.292. The van der Waals surface area contributed by atoms with Gasteiger partial charge in [0.2, 0.25) is 15.9 Å². The van der Waals surface area contributed by atoms with Crippen LogP contribution in [0.4, 0.5) is 14.9 Å². The Kier molecular flexibility index (Phi) is 6.92. The van der Waals surface area contributed by atoms with Gasteiger partial charge in [-0.2, -0.15) is 0 Å². The standard InChI is InChI=1S/C24H23FN4O6S2/c1-34-14-9-17-16(5-7-26-23(17)18(25)10-14)20-12-29(24(31)35-20)8-2-6-27-37(32,33)15-3-4-21-19(11-15)28-22(30)13-36-21/h3-5,7,9-11,20,27H,2,6,8,12-13H2,1H3,(H,28,30)/t20-/m0/s1. The lowest BCUT2D eigenvalue weighted by atomic mass is 10.0. The Hall–Kier alpha value is -3.42. The molecule has 37 heavy (non-hydrogen) atoms. The summed E-state index contributed by atoms with van der Waals surface area (Å²) in [7, 11) is -2.37. The third-order valence-electron chi connectivity index (χ3n) is 6.07. The van der Waals surface area contributed by atoms with Crippen molar-refractivity contribution in [2.24, 2.45) is 0 Å². The summed E-state index contributed by atoms with van der Waals surface area (Å²) in [4.78, 5) is 30.5. The normalized spacial score (nSPS) is 17.5. The number of fused-ring (bicyclic) bond motifs is 2. The molecule has 0 bridgehead atoms. The number of carbonyl (C=O) groups is 2. The van der Waals surface area contributed by atoms with E-state index in [9.17, 15) is 22.4 Å². The lowest BCUT2D eigenvalue weighted by Gasteiger charge is -2.17. The van der Waals surface area contributed by atoms with Gasteiger partial charge in [-0.3, -0.25) is 9.78 Å². The maximum absolute atomic E-state index is 14.4. The Morgan fingerprint density at radius 2 is 2.11 bits per heavy atom. The highest BCUT2D eigenvalue weighted by Crippen LogP contribution is 2.34. The van der Waals surface area contributed by atoms with E-state index in [1.54, 1.807) is 18.2 Å². The van der Waals surface area contributed by atoms with Gasteiger partial charge in [0.25, 0.3) is 0 Å². The monoisotopic (exact) mass is 546 g/mol. The summed E-state index contributed by atoms with van der Waals surface area (Å²) in [5, 5.41) is 3.17. The van der Waals surface area contributed by atoms with E-state index in [1.165, 1.54) is 48.2 Å². The van der Waals surface area contributed by atoms with Crippen LogP contribution in [-0.2, 0) is 19.6 Å². The Morgan fingerprint density at radius 1 is 1.27 bits per heavy atom. The average Bonchev–Trinajstić information content (AvgIpc) is 3.25. The molecule has 1 fully saturated rings. The molecule has 1 atom stereocenters. The lowest BCUT2D eigenvalue weighted by Crippen LogP contribution is -2.30. The minimum Gasteiger partial charge on any atom is -0.497 e. The predicted molar refractivity (Wildman–Crippen MR) is 135 cm³/mol. The third kappa shape index (κ3) is 5.20. The van der Waals surface area contributed by atoms with Crippen LogP contribution in [0.2, 0.25) is 0 Å². The molecule has 5 rings (SSSR count). The largest absolute Gasteiger partial charge is 0.497 e. The van der Waals surface area contributed by atoms with E-state index in [0.29, 0.717) is 34.6 Å². The summed E-state index contributed by atoms with van der Waals surface area (Å²) >= 11 is 1.35. The number of rotatable bonds is 8. The number of methoxy groups -OCH3 is 1. The van der Waals surface area contributed by atoms with Crippen molar-refractivity contribution in [3.05, 3.63) is 54.0 Å². The van der Waals surface area contributed by atoms with Crippen LogP contribution >= 0.6 is 11.8 Å². The number of amides is 2. The number of hydrogen-bond acceptors (Lipinski definition) is 8. The fourth-order valence-electron chi connectivity index (χ4n) is 4.25. The molecule has 0 spiro atoms. The van der Waals surface area contributed by atoms with Crippen molar-refractivity contribution >= 4 is 50.4 Å². The number of thioether (sulfide) groups is 1. The summed E-state index contributed by atoms with van der Waals surface area (Å²) in [5.41, 5.74) is 1.23. The molecule has 1 saturated heterocycles. The van der Waals surface area contributed by atoms with Gasteiger partial charge in [-0.25, -0.2) is 22.3 Å². The second kappa shape index (κ2) is 10.1. The number of hydrogen-bond donors (Lipinski definition) is 2. The Morgan fingerprint density at radius 3 is 2.92 bits per heavy atom. The van der Waals surface area contributed by atoms with E-state index in [0.717, 1.165) is 4.90 Å². The fourth-order valence-corrected chi connectivity index (χ4v) is 6.14. The first-order valence-corrected chi connectivity index (χ1v) is 13.9. The van der Waals surface area contributed by atoms with Gasteiger partial charge in [-0.05, 0) is 36.8 Å². The molecule has 1 aromatic heterocycles. The van der Waals surface area contributed by atoms with Gasteiger partial charge in [-0.15, -0.1) is 11.8 Å². The van der Waals surface area contributed by atoms with Crippen LogP contribution in [0.1, 0.15) is 18.1 Å². The smallest absolute Gasteiger partial charge is 0.410 e. The van der Waals surface area contributed by atoms with Crippen LogP contribution in [0.3, 0.4) is 0 Å². The molecule has 2 aliphatic heterocycles. The van der Waals surface area contributed by atoms with Crippen molar-refractivity contribution < 1.29 is 31.9 Å². The van der Waals surface area contributed by atoms with Crippen molar-refractivity contribution in [2.75, 3.05) is 37.8 Å². The number of cyclic esters (lactones) is 1. The maximum Gasteiger partial charge on any atom is 0.410 e. The first kappa shape index (κ1) is 25.2. The van der Waals surface area contributed by atoms with Crippen LogP contribution < -0.4 is 14.8 Å². The molecule has 10 nitrogen and oxygen atoms in total. The van der Waals surface area contributed by atoms with Crippen molar-refractivity contribution in [1.29, 1.82) is 0 Å². The van der Waals surface area contributed by atoms with Gasteiger partial charge in [0.1, 0.15) is 17.4 Å². The number of nitrogens with zero attached hydrogens (tertiary/aromatic N) is 2. The molecule has 0 saturated carbocycles. The van der Waals surface area contributed by atoms with Gasteiger partial charge >= 0.3 is 6.09 Å². The van der Waals surface area contributed by atoms with E-state index in [-0.39, 0.29) is 36.0 Å². The number of benzene rings is 2. The quantitative estimate of drug-likeness (QED) is 0.412. The highest BCUT2D eigenvalue weighted by Gasteiger charge is 2.33. The number of sulfonamides is 1. The van der Waals surface area contributed by atoms with Gasteiger partial charge in [0.15, 0.2) is 5.82 Å². The minimum atomic E-state index is -3.81. The van der Waals surface area contributed by atoms with Gasteiger partial charge < -0.3 is 19.7 Å². The molecule has 2 aromatic carbocycles. The maximum atomic E-state index is 14.4. The molecule has 13 heteroatoms. The van der Waals surface area contributed by atoms with Gasteiger partial charge in [-0.1, -0.05) is 0 Å². The third-order valence-corrected chi connectivity index (χ3v) is 8.60. The van der Waals surface area contributed by atoms with E-state index in [2.05, 4.69) is 15.0 Å². The van der Waals surface area contributed by atoms with Crippen molar-refractivity contribution in [3.63, 3.8) is 0 Å². The van der Waals surface area contributed by atoms with E-state index in [4.69, 9.17) is 9.47 Å². The van der Waals surface area contributed by atoms with Crippen LogP contribution in [0, 0.1) is 5.82 Å². The molecular weight excluding hydrogens is 523 g/mol.